The zero-order chi connectivity index (χ0) is 109. The van der Waals surface area contributed by atoms with Gasteiger partial charge in [-0.15, -0.1) is 0 Å². The van der Waals surface area contributed by atoms with Crippen LogP contribution in [0.5, 0.6) is 0 Å². The standard InChI is InChI=1S/C24H26F2N4O2.C22H20F2N4O.C18H22ClFN4O2.C9H5Cl2FN2.C9H6ClFN2O.C9H18N2O2.C6H6BFO2.C3H3ClO.Cl2OS/c1-15-13-17-21(20(26)19(15)16-7-5-6-8-18(16)25)27-14-28-22(17)29-9-11-30(12-10-29)23(31)32-24(2,3)4;1-3-18(29)27-8-10-28(11-9-27)22-16-12-14(2)19(15-6-4-5-7-17(15)23)20(24)21(16)25-13-26-22;1-11-9-12-15(14(20)13(11)19)21-10-22-16(12)23-5-7-24(8-6-23)17(25)26-18(2,3)4;1-4-2-5-8(7(12)6(4)10)13-3-14-9(5)11;1-4-2-5-8(7(11)6(4)10)12-3-13-9(5)14;1-9(2,3)13-8(12)11-6-4-10-5-7-11;8-6-4-2-1-3-5(6)7(9)10;1-2-3(4)5;1-4(2)3/h5-8,13-14H,9-12H2,1-4H3;3-7,12-13H,1,8-11H2,2H3;9-10H,5-8H2,1-4H3;2-3H,1H3;2-3H,1H3,(H,12,13,14);10H,4-7H2,1-3H3;1-4,9-10H;2H,1H2;. The van der Waals surface area contributed by atoms with Crippen molar-refractivity contribution in [3.63, 3.8) is 0 Å². The van der Waals surface area contributed by atoms with Crippen molar-refractivity contribution >= 4 is 203 Å². The number of nitrogens with one attached hydrogen (secondary N) is 2. The van der Waals surface area contributed by atoms with Crippen LogP contribution in [0.3, 0.4) is 0 Å². The first-order valence-electron chi connectivity index (χ1n) is 45.3. The second kappa shape index (κ2) is 53.5. The Hall–Kier alpha value is -12.3. The number of rotatable bonds is 8. The van der Waals surface area contributed by atoms with Crippen molar-refractivity contribution in [2.24, 2.45) is 0 Å². The molecule has 0 atom stereocenters. The summed E-state index contributed by atoms with van der Waals surface area (Å²) in [7, 11) is 5.64. The number of ether oxygens (including phenoxy) is 3. The molecule has 13 aromatic rings. The summed E-state index contributed by atoms with van der Waals surface area (Å²) in [6, 6.07) is 26.4. The minimum Gasteiger partial charge on any atom is -0.444 e. The van der Waals surface area contributed by atoms with Crippen LogP contribution in [-0.4, -0.2) is 242 Å². The van der Waals surface area contributed by atoms with Gasteiger partial charge in [0.25, 0.3) is 5.56 Å². The van der Waals surface area contributed by atoms with Gasteiger partial charge in [-0.3, -0.25) is 14.4 Å². The van der Waals surface area contributed by atoms with E-state index in [-0.39, 0.29) is 116 Å². The molecule has 0 saturated carbocycles. The number of benzene rings is 8. The third-order valence-electron chi connectivity index (χ3n) is 21.9. The molecule has 782 valence electrons. The molecule has 4 N–H and O–H groups in total. The summed E-state index contributed by atoms with van der Waals surface area (Å²) in [5.41, 5.74) is 2.56. The van der Waals surface area contributed by atoms with Crippen LogP contribution in [0.4, 0.5) is 67.0 Å². The Labute approximate surface area is 879 Å². The lowest BCUT2D eigenvalue weighted by Gasteiger charge is -2.36. The van der Waals surface area contributed by atoms with Crippen LogP contribution in [-0.2, 0) is 33.0 Å². The van der Waals surface area contributed by atoms with Crippen LogP contribution in [0.15, 0.2) is 165 Å². The molecule has 0 unspecified atom stereocenters. The number of aromatic amines is 1. The Morgan fingerprint density at radius 3 is 1.05 bits per heavy atom. The van der Waals surface area contributed by atoms with Crippen LogP contribution in [0.2, 0.25) is 20.2 Å². The molecule has 147 heavy (non-hydrogen) atoms. The number of piperazine rings is 4. The molecule has 17 rings (SSSR count). The minimum atomic E-state index is -1.72. The van der Waals surface area contributed by atoms with Crippen LogP contribution in [0.25, 0.3) is 76.8 Å². The molecule has 4 saturated heterocycles. The maximum absolute atomic E-state index is 15.5. The van der Waals surface area contributed by atoms with E-state index in [0.29, 0.717) is 145 Å². The van der Waals surface area contributed by atoms with Gasteiger partial charge in [-0.05, 0) is 197 Å². The van der Waals surface area contributed by atoms with E-state index in [9.17, 15) is 55.1 Å². The molecule has 0 aliphatic carbocycles. The number of anilines is 3. The summed E-state index contributed by atoms with van der Waals surface area (Å²) in [6.07, 6.45) is 7.82. The number of halogens is 15. The maximum Gasteiger partial charge on any atom is 0.491 e. The lowest BCUT2D eigenvalue weighted by molar-refractivity contribution is -0.126. The normalized spacial score (nSPS) is 13.6. The van der Waals surface area contributed by atoms with Crippen molar-refractivity contribution in [1.82, 2.24) is 74.8 Å². The highest BCUT2D eigenvalue weighted by molar-refractivity contribution is 8.26. The summed E-state index contributed by atoms with van der Waals surface area (Å²) >= 11 is 27.9. The van der Waals surface area contributed by atoms with Gasteiger partial charge in [0.1, 0.15) is 110 Å². The highest BCUT2D eigenvalue weighted by Gasteiger charge is 2.33. The number of carbonyl (C=O) groups is 5. The van der Waals surface area contributed by atoms with Gasteiger partial charge < -0.3 is 68.9 Å². The monoisotopic (exact) mass is 2190 g/mol. The predicted molar refractivity (Wildman–Crippen MR) is 562 cm³/mol. The van der Waals surface area contributed by atoms with Crippen molar-refractivity contribution in [3.8, 4) is 22.3 Å². The van der Waals surface area contributed by atoms with E-state index in [2.05, 4.69) is 89.7 Å². The molecule has 0 spiro atoms. The van der Waals surface area contributed by atoms with Crippen molar-refractivity contribution in [1.29, 1.82) is 0 Å². The molecule has 0 bridgehead atoms. The smallest absolute Gasteiger partial charge is 0.444 e. The van der Waals surface area contributed by atoms with Crippen LogP contribution in [0.1, 0.15) is 90.1 Å². The summed E-state index contributed by atoms with van der Waals surface area (Å²) in [5.74, 6) is -2.66. The Bertz CT molecular complexity index is 7040. The average Bonchev–Trinajstić information content (AvgIpc) is 0.758. The van der Waals surface area contributed by atoms with E-state index in [1.165, 1.54) is 73.8 Å². The Morgan fingerprint density at radius 2 is 0.714 bits per heavy atom. The van der Waals surface area contributed by atoms with E-state index in [4.69, 9.17) is 86.5 Å². The molecule has 4 fully saturated rings. The number of amides is 4. The highest BCUT2D eigenvalue weighted by atomic mass is 36.0. The summed E-state index contributed by atoms with van der Waals surface area (Å²) in [6.45, 7) is 41.5. The fraction of sp³-hybridized carbons (Fsp3) is 0.330. The maximum atomic E-state index is 15.5. The molecule has 47 heteroatoms. The molecule has 4 amide bonds. The van der Waals surface area contributed by atoms with Gasteiger partial charge in [0.15, 0.2) is 29.1 Å². The minimum absolute atomic E-state index is 0.00403. The van der Waals surface area contributed by atoms with Gasteiger partial charge in [0.2, 0.25) is 20.4 Å². The highest BCUT2D eigenvalue weighted by Crippen LogP contribution is 2.40. The van der Waals surface area contributed by atoms with Crippen molar-refractivity contribution in [3.05, 3.63) is 265 Å². The first-order chi connectivity index (χ1) is 69.3. The number of H-pyrrole nitrogens is 1. The third-order valence-corrected chi connectivity index (χ3v) is 23.8. The average molecular weight is 2200 g/mol. The quantitative estimate of drug-likeness (QED) is 0.0274. The molecule has 30 nitrogen and oxygen atoms in total. The Balaban J connectivity index is 0.000000194. The molecule has 9 heterocycles. The number of allylic oxidation sites excluding steroid dienone is 1. The Kier molecular flexibility index (Phi) is 43.0. The van der Waals surface area contributed by atoms with Crippen LogP contribution in [0, 0.1) is 81.2 Å². The molecular formula is C100H106BCl7F8N18O12S. The predicted octanol–water partition coefficient (Wildman–Crippen LogP) is 20.2. The number of aromatic nitrogens is 10. The fourth-order valence-corrected chi connectivity index (χ4v) is 15.7. The lowest BCUT2D eigenvalue weighted by atomic mass is 9.80. The van der Waals surface area contributed by atoms with Gasteiger partial charge in [0, 0.05) is 175 Å². The van der Waals surface area contributed by atoms with Gasteiger partial charge in [-0.2, -0.15) is 0 Å². The summed E-state index contributed by atoms with van der Waals surface area (Å²) < 4.78 is 139. The van der Waals surface area contributed by atoms with Gasteiger partial charge in [-0.25, -0.2) is 98.6 Å². The molecule has 8 aromatic carbocycles. The lowest BCUT2D eigenvalue weighted by Crippen LogP contribution is -2.50. The van der Waals surface area contributed by atoms with Gasteiger partial charge >= 0.3 is 25.4 Å². The van der Waals surface area contributed by atoms with Crippen molar-refractivity contribution < 1.29 is 87.6 Å². The zero-order valence-electron chi connectivity index (χ0n) is 82.4. The Morgan fingerprint density at radius 1 is 0.415 bits per heavy atom. The number of nitrogens with zero attached hydrogens (tertiary/aromatic N) is 16. The molecule has 0 radical (unpaired) electrons. The third kappa shape index (κ3) is 32.3. The van der Waals surface area contributed by atoms with Crippen LogP contribution < -0.4 is 31.0 Å². The number of aryl methyl sites for hydroxylation is 5. The van der Waals surface area contributed by atoms with E-state index in [1.807, 2.05) is 77.0 Å². The fourth-order valence-electron chi connectivity index (χ4n) is 15.0. The van der Waals surface area contributed by atoms with E-state index < -0.39 is 79.3 Å². The first kappa shape index (κ1) is 118. The van der Waals surface area contributed by atoms with E-state index in [1.54, 1.807) is 115 Å². The van der Waals surface area contributed by atoms with Crippen molar-refractivity contribution in [2.75, 3.05) is 119 Å². The summed E-state index contributed by atoms with van der Waals surface area (Å²) in [4.78, 5) is 120. The number of hydrogen-bond donors (Lipinski definition) is 4. The molecular weight excluding hydrogens is 2090 g/mol. The number of fused-ring (bicyclic) bond motifs is 5. The van der Waals surface area contributed by atoms with Gasteiger partial charge in [0.05, 0.1) is 26.8 Å². The van der Waals surface area contributed by atoms with E-state index >= 15 is 8.78 Å². The van der Waals surface area contributed by atoms with E-state index in [0.717, 1.165) is 38.6 Å². The number of carbonyl (C=O) groups excluding carboxylic acids is 5. The van der Waals surface area contributed by atoms with Crippen LogP contribution >= 0.6 is 79.4 Å². The molecule has 4 aliphatic heterocycles. The van der Waals surface area contributed by atoms with Crippen molar-refractivity contribution in [2.45, 2.75) is 114 Å². The van der Waals surface area contributed by atoms with Gasteiger partial charge in [-0.1, -0.05) is 114 Å². The second-order valence-corrected chi connectivity index (χ2v) is 40.3. The summed E-state index contributed by atoms with van der Waals surface area (Å²) in [5, 5.41) is 22.6. The largest absolute Gasteiger partial charge is 0.491 e. The second-order valence-electron chi connectivity index (χ2n) is 35.9. The molecule has 5 aromatic heterocycles. The molecule has 4 aliphatic rings. The topological polar surface area (TPSA) is 354 Å². The number of hydrogen-bond acceptors (Lipinski definition) is 25. The zero-order valence-corrected chi connectivity index (χ0v) is 88.5. The first-order valence-corrected chi connectivity index (χ1v) is 50.0. The SMILES string of the molecule is C=CC(=O)Cl.C=CC(=O)N1CCN(c2ncnc3c(F)c(-c4ccccc4F)c(C)cc23)CC1.CC(C)(C)OC(=O)N1CCNCC1.Cc1cc2c(=O)[nH]cnc2c(F)c1Cl.Cc1cc2c(Cl)ncnc2c(F)c1Cl.Cc1cc2c(N3CCN(C(=O)OC(C)(C)C)CC3)ncnc2c(F)c1-c1ccccc1F.Cc1cc2c(N3CCN(C(=O)OC(C)(C)C)CC3)ncnc2c(F)c1Cl.O=S(Cl)Cl.OB(O)c1ccccc1F.